The zero-order chi connectivity index (χ0) is 22.3. The highest BCUT2D eigenvalue weighted by Crippen LogP contribution is 2.30. The summed E-state index contributed by atoms with van der Waals surface area (Å²) in [7, 11) is 3.21. The highest BCUT2D eigenvalue weighted by molar-refractivity contribution is 5.95. The first-order chi connectivity index (χ1) is 15.7. The van der Waals surface area contributed by atoms with Gasteiger partial charge in [0.05, 0.1) is 36.3 Å². The number of para-hydroxylation sites is 2. The van der Waals surface area contributed by atoms with Crippen molar-refractivity contribution in [1.82, 2.24) is 20.5 Å². The normalized spacial score (nSPS) is 11.7. The summed E-state index contributed by atoms with van der Waals surface area (Å²) in [4.78, 5) is 16.9. The first-order valence-electron chi connectivity index (χ1n) is 10.0. The molecule has 0 aliphatic rings. The number of nitrogens with one attached hydrogen (secondary N) is 4. The molecule has 0 fully saturated rings. The summed E-state index contributed by atoms with van der Waals surface area (Å²) in [6, 6.07) is 18.3. The van der Waals surface area contributed by atoms with Crippen molar-refractivity contribution in [2.45, 2.75) is 6.04 Å². The van der Waals surface area contributed by atoms with Crippen molar-refractivity contribution in [2.24, 2.45) is 0 Å². The number of carbonyl (C=O) groups is 1. The molecule has 2 aromatic carbocycles. The molecule has 0 aliphatic carbocycles. The maximum Gasteiger partial charge on any atom is 0.320 e. The summed E-state index contributed by atoms with van der Waals surface area (Å²) in [5.41, 5.74) is 2.47. The number of urea groups is 1. The van der Waals surface area contributed by atoms with Gasteiger partial charge in [-0.15, -0.1) is 0 Å². The van der Waals surface area contributed by atoms with Crippen LogP contribution in [0.2, 0.25) is 0 Å². The minimum atomic E-state index is -0.380. The number of pyridine rings is 1. The zero-order valence-corrected chi connectivity index (χ0v) is 17.8. The van der Waals surface area contributed by atoms with Gasteiger partial charge in [0.2, 0.25) is 0 Å². The SMILES string of the molecule is COC[C@@H](NC(=O)Nc1cc2[nH]nc(Nc3ccccc3OC)c2cn1)c1ccccc1. The van der Waals surface area contributed by atoms with Gasteiger partial charge in [-0.2, -0.15) is 5.10 Å². The third kappa shape index (κ3) is 4.79. The van der Waals surface area contributed by atoms with Crippen LogP contribution in [0.3, 0.4) is 0 Å². The number of rotatable bonds is 8. The minimum Gasteiger partial charge on any atom is -0.495 e. The number of anilines is 3. The van der Waals surface area contributed by atoms with E-state index in [0.29, 0.717) is 24.0 Å². The van der Waals surface area contributed by atoms with E-state index in [9.17, 15) is 4.79 Å². The monoisotopic (exact) mass is 432 g/mol. The Hall–Kier alpha value is -4.11. The van der Waals surface area contributed by atoms with E-state index in [-0.39, 0.29) is 12.1 Å². The molecule has 0 bridgehead atoms. The molecular formula is C23H24N6O3. The van der Waals surface area contributed by atoms with Crippen molar-refractivity contribution in [3.05, 3.63) is 72.4 Å². The van der Waals surface area contributed by atoms with Crippen LogP contribution in [0.25, 0.3) is 10.9 Å². The summed E-state index contributed by atoms with van der Waals surface area (Å²) in [5.74, 6) is 1.71. The van der Waals surface area contributed by atoms with Crippen molar-refractivity contribution in [3.8, 4) is 5.75 Å². The van der Waals surface area contributed by atoms with Crippen molar-refractivity contribution < 1.29 is 14.3 Å². The number of carbonyl (C=O) groups excluding carboxylic acids is 1. The molecule has 2 heterocycles. The van der Waals surface area contributed by atoms with Gasteiger partial charge in [0, 0.05) is 19.4 Å². The topological polar surface area (TPSA) is 113 Å². The van der Waals surface area contributed by atoms with Gasteiger partial charge in [0.15, 0.2) is 5.82 Å². The van der Waals surface area contributed by atoms with Crippen LogP contribution in [0.5, 0.6) is 5.75 Å². The highest BCUT2D eigenvalue weighted by atomic mass is 16.5. The Morgan fingerprint density at radius 3 is 2.66 bits per heavy atom. The van der Waals surface area contributed by atoms with E-state index in [2.05, 4.69) is 31.1 Å². The Bertz CT molecular complexity index is 1190. The number of aromatic nitrogens is 3. The molecule has 164 valence electrons. The summed E-state index contributed by atoms with van der Waals surface area (Å²) in [5, 5.41) is 17.0. The van der Waals surface area contributed by atoms with E-state index < -0.39 is 0 Å². The molecule has 1 atom stereocenters. The number of amides is 2. The lowest BCUT2D eigenvalue weighted by Crippen LogP contribution is -2.35. The molecule has 2 aromatic heterocycles. The lowest BCUT2D eigenvalue weighted by atomic mass is 10.1. The quantitative estimate of drug-likeness (QED) is 0.332. The summed E-state index contributed by atoms with van der Waals surface area (Å²) >= 11 is 0. The molecule has 32 heavy (non-hydrogen) atoms. The van der Waals surface area contributed by atoms with Crippen LogP contribution in [0.15, 0.2) is 66.9 Å². The van der Waals surface area contributed by atoms with Crippen molar-refractivity contribution in [2.75, 3.05) is 31.5 Å². The summed E-state index contributed by atoms with van der Waals surface area (Å²) in [6.45, 7) is 0.350. The largest absolute Gasteiger partial charge is 0.495 e. The smallest absolute Gasteiger partial charge is 0.320 e. The Labute approximate surface area is 185 Å². The number of fused-ring (bicyclic) bond motifs is 1. The fourth-order valence-corrected chi connectivity index (χ4v) is 3.34. The molecule has 4 aromatic rings. The third-order valence-corrected chi connectivity index (χ3v) is 4.89. The molecule has 0 saturated heterocycles. The van der Waals surface area contributed by atoms with Gasteiger partial charge in [0.25, 0.3) is 0 Å². The van der Waals surface area contributed by atoms with E-state index >= 15 is 0 Å². The second-order valence-electron chi connectivity index (χ2n) is 7.03. The molecule has 9 heteroatoms. The van der Waals surface area contributed by atoms with Crippen molar-refractivity contribution >= 4 is 34.3 Å². The van der Waals surface area contributed by atoms with Crippen LogP contribution >= 0.6 is 0 Å². The molecule has 0 saturated carbocycles. The Morgan fingerprint density at radius 1 is 1.09 bits per heavy atom. The van der Waals surface area contributed by atoms with Crippen LogP contribution in [0.4, 0.5) is 22.1 Å². The lowest BCUT2D eigenvalue weighted by molar-refractivity contribution is 0.168. The summed E-state index contributed by atoms with van der Waals surface area (Å²) in [6.07, 6.45) is 1.65. The Morgan fingerprint density at radius 2 is 1.88 bits per heavy atom. The average Bonchev–Trinajstić information content (AvgIpc) is 3.21. The maximum atomic E-state index is 12.6. The molecule has 0 unspecified atom stereocenters. The second kappa shape index (κ2) is 9.80. The predicted molar refractivity (Wildman–Crippen MR) is 123 cm³/mol. The van der Waals surface area contributed by atoms with Gasteiger partial charge < -0.3 is 20.1 Å². The number of aromatic amines is 1. The van der Waals surface area contributed by atoms with Gasteiger partial charge in [-0.25, -0.2) is 9.78 Å². The van der Waals surface area contributed by atoms with Crippen LogP contribution < -0.4 is 20.7 Å². The number of ether oxygens (including phenoxy) is 2. The standard InChI is InChI=1S/C23H24N6O3/c1-31-14-19(15-8-4-3-5-9-15)26-23(30)27-21-12-18-16(13-24-21)22(29-28-18)25-17-10-6-7-11-20(17)32-2/h3-13,19H,14H2,1-2H3,(H2,25,28,29)(H2,24,26,27,30)/t19-/m1/s1. The third-order valence-electron chi connectivity index (χ3n) is 4.89. The van der Waals surface area contributed by atoms with Gasteiger partial charge in [-0.3, -0.25) is 10.4 Å². The van der Waals surface area contributed by atoms with Gasteiger partial charge >= 0.3 is 6.03 Å². The predicted octanol–water partition coefficient (Wildman–Crippen LogP) is 4.22. The zero-order valence-electron chi connectivity index (χ0n) is 17.8. The number of H-pyrrole nitrogens is 1. The molecule has 9 nitrogen and oxygen atoms in total. The van der Waals surface area contributed by atoms with Crippen LogP contribution in [-0.2, 0) is 4.74 Å². The minimum absolute atomic E-state index is 0.284. The molecule has 0 radical (unpaired) electrons. The fourth-order valence-electron chi connectivity index (χ4n) is 3.34. The number of hydrogen-bond acceptors (Lipinski definition) is 6. The molecule has 0 spiro atoms. The van der Waals surface area contributed by atoms with Crippen LogP contribution in [0, 0.1) is 0 Å². The van der Waals surface area contributed by atoms with Crippen molar-refractivity contribution in [1.29, 1.82) is 0 Å². The second-order valence-corrected chi connectivity index (χ2v) is 7.03. The van der Waals surface area contributed by atoms with E-state index in [1.165, 1.54) is 0 Å². The molecule has 0 aliphatic heterocycles. The maximum absolute atomic E-state index is 12.6. The van der Waals surface area contributed by atoms with Gasteiger partial charge in [-0.1, -0.05) is 42.5 Å². The number of benzene rings is 2. The average molecular weight is 432 g/mol. The Kier molecular flexibility index (Phi) is 6.47. The van der Waals surface area contributed by atoms with Crippen molar-refractivity contribution in [3.63, 3.8) is 0 Å². The molecule has 2 amide bonds. The lowest BCUT2D eigenvalue weighted by Gasteiger charge is -2.18. The van der Waals surface area contributed by atoms with E-state index in [1.807, 2.05) is 54.6 Å². The number of nitrogens with zero attached hydrogens (tertiary/aromatic N) is 2. The summed E-state index contributed by atoms with van der Waals surface area (Å²) < 4.78 is 10.6. The number of hydrogen-bond donors (Lipinski definition) is 4. The van der Waals surface area contributed by atoms with E-state index in [4.69, 9.17) is 9.47 Å². The van der Waals surface area contributed by atoms with Gasteiger partial charge in [-0.05, 0) is 17.7 Å². The molecule has 4 rings (SSSR count). The number of methoxy groups -OCH3 is 2. The highest BCUT2D eigenvalue weighted by Gasteiger charge is 2.16. The fraction of sp³-hybridized carbons (Fsp3) is 0.174. The van der Waals surface area contributed by atoms with E-state index in [1.54, 1.807) is 26.5 Å². The molecule has 4 N–H and O–H groups in total. The Balaban J connectivity index is 1.47. The van der Waals surface area contributed by atoms with Crippen LogP contribution in [-0.4, -0.2) is 42.0 Å². The van der Waals surface area contributed by atoms with Gasteiger partial charge in [0.1, 0.15) is 11.6 Å². The van der Waals surface area contributed by atoms with Crippen LogP contribution in [0.1, 0.15) is 11.6 Å². The first-order valence-corrected chi connectivity index (χ1v) is 10.0. The molecular weight excluding hydrogens is 408 g/mol. The first kappa shape index (κ1) is 21.1. The van der Waals surface area contributed by atoms with E-state index in [0.717, 1.165) is 22.2 Å².